The number of likely N-dealkylation sites (tertiary alicyclic amines) is 1. The summed E-state index contributed by atoms with van der Waals surface area (Å²) in [5.74, 6) is -1.17. The summed E-state index contributed by atoms with van der Waals surface area (Å²) in [6.45, 7) is 0.693. The summed E-state index contributed by atoms with van der Waals surface area (Å²) in [4.78, 5) is 40.4. The van der Waals surface area contributed by atoms with E-state index in [-0.39, 0.29) is 30.9 Å². The lowest BCUT2D eigenvalue weighted by Gasteiger charge is -2.23. The van der Waals surface area contributed by atoms with Crippen LogP contribution in [-0.4, -0.2) is 55.5 Å². The van der Waals surface area contributed by atoms with Crippen LogP contribution in [0.5, 0.6) is 0 Å². The van der Waals surface area contributed by atoms with Crippen LogP contribution in [0.25, 0.3) is 21.9 Å². The normalized spacial score (nSPS) is 17.3. The third-order valence-corrected chi connectivity index (χ3v) is 6.65. The minimum absolute atomic E-state index is 0.00991. The number of amides is 2. The fraction of sp³-hybridized carbons (Fsp3) is 0.276. The monoisotopic (exact) mass is 500 g/mol. The van der Waals surface area contributed by atoms with E-state index in [1.165, 1.54) is 4.90 Å². The number of esters is 1. The number of methoxy groups -OCH3 is 1. The van der Waals surface area contributed by atoms with E-state index in [0.29, 0.717) is 30.7 Å². The van der Waals surface area contributed by atoms with Gasteiger partial charge in [0.05, 0.1) is 13.2 Å². The zero-order chi connectivity index (χ0) is 25.8. The molecule has 0 spiro atoms. The number of rotatable bonds is 8. The Bertz CT molecular complexity index is 1430. The van der Waals surface area contributed by atoms with Gasteiger partial charge in [0.2, 0.25) is 5.91 Å². The molecule has 3 aromatic carbocycles. The van der Waals surface area contributed by atoms with Crippen LogP contribution in [-0.2, 0) is 25.7 Å². The molecule has 1 N–H and O–H groups in total. The highest BCUT2D eigenvalue weighted by Gasteiger charge is 2.40. The third-order valence-electron chi connectivity index (χ3n) is 6.65. The van der Waals surface area contributed by atoms with Crippen molar-refractivity contribution in [2.45, 2.75) is 19.1 Å². The second-order valence-electron chi connectivity index (χ2n) is 9.20. The average molecular weight is 501 g/mol. The van der Waals surface area contributed by atoms with Gasteiger partial charge >= 0.3 is 5.97 Å². The van der Waals surface area contributed by atoms with Crippen molar-refractivity contribution >= 4 is 39.7 Å². The Kier molecular flexibility index (Phi) is 7.18. The maximum Gasteiger partial charge on any atom is 0.329 e. The van der Waals surface area contributed by atoms with E-state index < -0.39 is 12.0 Å². The maximum absolute atomic E-state index is 13.1. The summed E-state index contributed by atoms with van der Waals surface area (Å²) in [7, 11) is 1.59. The molecule has 5 rings (SSSR count). The van der Waals surface area contributed by atoms with Crippen LogP contribution in [0.1, 0.15) is 22.3 Å². The highest BCUT2D eigenvalue weighted by molar-refractivity contribution is 6.08. The second-order valence-corrected chi connectivity index (χ2v) is 9.20. The number of hydrogen-bond donors (Lipinski definition) is 1. The Hall–Kier alpha value is -4.17. The predicted molar refractivity (Wildman–Crippen MR) is 138 cm³/mol. The number of ether oxygens (including phenoxy) is 2. The van der Waals surface area contributed by atoms with E-state index in [4.69, 9.17) is 13.9 Å². The molecule has 1 aromatic heterocycles. The van der Waals surface area contributed by atoms with Crippen LogP contribution < -0.4 is 5.32 Å². The van der Waals surface area contributed by atoms with E-state index in [0.717, 1.165) is 21.9 Å². The minimum Gasteiger partial charge on any atom is -0.459 e. The predicted octanol–water partition coefficient (Wildman–Crippen LogP) is 3.92. The Balaban J connectivity index is 1.24. The van der Waals surface area contributed by atoms with Gasteiger partial charge in [0.15, 0.2) is 0 Å². The second kappa shape index (κ2) is 10.8. The molecule has 37 heavy (non-hydrogen) atoms. The molecule has 8 heteroatoms. The molecule has 1 saturated heterocycles. The van der Waals surface area contributed by atoms with E-state index in [9.17, 15) is 14.4 Å². The van der Waals surface area contributed by atoms with Crippen molar-refractivity contribution in [3.8, 4) is 0 Å². The summed E-state index contributed by atoms with van der Waals surface area (Å²) in [5.41, 5.74) is 2.72. The molecule has 1 fully saturated rings. The van der Waals surface area contributed by atoms with Gasteiger partial charge in [-0.05, 0) is 36.2 Å². The first-order valence-electron chi connectivity index (χ1n) is 12.2. The number of benzene rings is 3. The molecule has 2 amide bonds. The van der Waals surface area contributed by atoms with Crippen molar-refractivity contribution in [3.63, 3.8) is 0 Å². The average Bonchev–Trinajstić information content (AvgIpc) is 3.52. The topological polar surface area (TPSA) is 98.1 Å². The Morgan fingerprint density at radius 2 is 1.73 bits per heavy atom. The Morgan fingerprint density at radius 3 is 2.54 bits per heavy atom. The van der Waals surface area contributed by atoms with Gasteiger partial charge in [-0.2, -0.15) is 0 Å². The van der Waals surface area contributed by atoms with E-state index in [1.807, 2.05) is 54.6 Å². The summed E-state index contributed by atoms with van der Waals surface area (Å²) in [6, 6.07) is 21.5. The van der Waals surface area contributed by atoms with Crippen LogP contribution in [0.15, 0.2) is 77.2 Å². The van der Waals surface area contributed by atoms with Crippen LogP contribution in [0.4, 0.5) is 0 Å². The lowest BCUT2D eigenvalue weighted by atomic mass is 10.1. The summed E-state index contributed by atoms with van der Waals surface area (Å²) in [6.07, 6.45) is 0.450. The number of carbonyl (C=O) groups is 3. The zero-order valence-corrected chi connectivity index (χ0v) is 20.5. The van der Waals surface area contributed by atoms with Crippen molar-refractivity contribution in [2.24, 2.45) is 5.92 Å². The fourth-order valence-corrected chi connectivity index (χ4v) is 4.83. The molecule has 1 aliphatic rings. The van der Waals surface area contributed by atoms with Gasteiger partial charge in [0.1, 0.15) is 23.8 Å². The number of nitrogens with zero attached hydrogens (tertiary/aromatic N) is 1. The van der Waals surface area contributed by atoms with Crippen LogP contribution in [0.2, 0.25) is 0 Å². The Morgan fingerprint density at radius 1 is 0.973 bits per heavy atom. The number of hydrogen-bond acceptors (Lipinski definition) is 6. The molecule has 4 aromatic rings. The van der Waals surface area contributed by atoms with Gasteiger partial charge in [-0.3, -0.25) is 9.59 Å². The van der Waals surface area contributed by atoms with E-state index >= 15 is 0 Å². The van der Waals surface area contributed by atoms with Gasteiger partial charge in [-0.15, -0.1) is 0 Å². The largest absolute Gasteiger partial charge is 0.459 e. The molecular weight excluding hydrogens is 472 g/mol. The van der Waals surface area contributed by atoms with Gasteiger partial charge in [0, 0.05) is 35.9 Å². The van der Waals surface area contributed by atoms with E-state index in [2.05, 4.69) is 5.32 Å². The Labute approximate surface area is 214 Å². The van der Waals surface area contributed by atoms with E-state index in [1.54, 1.807) is 25.3 Å². The van der Waals surface area contributed by atoms with Crippen molar-refractivity contribution in [2.75, 3.05) is 26.8 Å². The highest BCUT2D eigenvalue weighted by atomic mass is 16.5. The van der Waals surface area contributed by atoms with Crippen molar-refractivity contribution in [1.82, 2.24) is 10.2 Å². The van der Waals surface area contributed by atoms with Gasteiger partial charge < -0.3 is 24.1 Å². The maximum atomic E-state index is 13.1. The number of para-hydroxylation sites is 1. The summed E-state index contributed by atoms with van der Waals surface area (Å²) < 4.78 is 16.6. The minimum atomic E-state index is -0.720. The smallest absolute Gasteiger partial charge is 0.329 e. The quantitative estimate of drug-likeness (QED) is 0.368. The third kappa shape index (κ3) is 5.34. The molecule has 8 nitrogen and oxygen atoms in total. The molecule has 0 aliphatic carbocycles. The van der Waals surface area contributed by atoms with Crippen molar-refractivity contribution < 1.29 is 28.3 Å². The lowest BCUT2D eigenvalue weighted by molar-refractivity contribution is -0.154. The molecule has 1 aliphatic heterocycles. The van der Waals surface area contributed by atoms with Crippen LogP contribution in [0, 0.1) is 5.92 Å². The standard InChI is InChI=1S/C29H28N2O6/c1-35-17-20-13-24(29(34)36-18-19-7-3-2-4-8-19)31(16-20)27(32)15-30-28(33)21-11-12-26-23(14-21)22-9-5-6-10-25(22)37-26/h2-12,14,20,24H,13,15-18H2,1H3,(H,30,33)/t20-,24+/m1/s1. The SMILES string of the molecule is COC[C@@H]1C[C@@H](C(=O)OCc2ccccc2)N(C(=O)CNC(=O)c2ccc3oc4ccccc4c3c2)C1. The summed E-state index contributed by atoms with van der Waals surface area (Å²) in [5, 5.41) is 4.45. The molecule has 2 atom stereocenters. The summed E-state index contributed by atoms with van der Waals surface area (Å²) >= 11 is 0. The van der Waals surface area contributed by atoms with Crippen LogP contribution >= 0.6 is 0 Å². The zero-order valence-electron chi connectivity index (χ0n) is 20.5. The molecule has 0 saturated carbocycles. The molecule has 0 bridgehead atoms. The van der Waals surface area contributed by atoms with Gasteiger partial charge in [-0.1, -0.05) is 48.5 Å². The number of nitrogens with one attached hydrogen (secondary N) is 1. The molecule has 190 valence electrons. The van der Waals surface area contributed by atoms with Crippen molar-refractivity contribution in [3.05, 3.63) is 83.9 Å². The molecule has 0 unspecified atom stereocenters. The first-order chi connectivity index (χ1) is 18.0. The van der Waals surface area contributed by atoms with Crippen LogP contribution in [0.3, 0.4) is 0 Å². The fourth-order valence-electron chi connectivity index (χ4n) is 4.83. The number of fused-ring (bicyclic) bond motifs is 3. The highest BCUT2D eigenvalue weighted by Crippen LogP contribution is 2.29. The van der Waals surface area contributed by atoms with Gasteiger partial charge in [-0.25, -0.2) is 4.79 Å². The number of carbonyl (C=O) groups excluding carboxylic acids is 3. The first-order valence-corrected chi connectivity index (χ1v) is 12.2. The lowest BCUT2D eigenvalue weighted by Crippen LogP contribution is -2.46. The first kappa shape index (κ1) is 24.5. The molecule has 0 radical (unpaired) electrons. The molecule has 2 heterocycles. The van der Waals surface area contributed by atoms with Gasteiger partial charge in [0.25, 0.3) is 5.91 Å². The number of furan rings is 1. The molecular formula is C29H28N2O6. The van der Waals surface area contributed by atoms with Crippen molar-refractivity contribution in [1.29, 1.82) is 0 Å².